The van der Waals surface area contributed by atoms with Crippen molar-refractivity contribution < 1.29 is 134 Å². The van der Waals surface area contributed by atoms with Crippen molar-refractivity contribution >= 4 is 11.9 Å². The van der Waals surface area contributed by atoms with Gasteiger partial charge in [-0.1, -0.05) is 40.0 Å². The third-order valence-corrected chi connectivity index (χ3v) is 13.7. The van der Waals surface area contributed by atoms with Gasteiger partial charge in [-0.05, 0) is 6.42 Å². The van der Waals surface area contributed by atoms with E-state index < -0.39 is 210 Å². The van der Waals surface area contributed by atoms with Gasteiger partial charge >= 0.3 is 5.97 Å². The van der Waals surface area contributed by atoms with E-state index in [2.05, 4.69) is 5.32 Å². The molecule has 5 saturated heterocycles. The minimum Gasteiger partial charge on any atom is -0.477 e. The lowest BCUT2D eigenvalue weighted by molar-refractivity contribution is -0.381. The Balaban J connectivity index is 1.49. The molecular formula is C43H75NO27. The second-order valence-electron chi connectivity index (χ2n) is 18.8. The van der Waals surface area contributed by atoms with Gasteiger partial charge in [0.15, 0.2) is 25.2 Å². The van der Waals surface area contributed by atoms with Crippen molar-refractivity contribution in [3.8, 4) is 0 Å². The Hall–Kier alpha value is -2.02. The van der Waals surface area contributed by atoms with Crippen LogP contribution in [0.1, 0.15) is 59.8 Å². The minimum absolute atomic E-state index is 0.0770. The number of aliphatic hydroxyl groups is 14. The Morgan fingerprint density at radius 2 is 1.23 bits per heavy atom. The summed E-state index contributed by atoms with van der Waals surface area (Å²) in [4.78, 5) is 25.9. The van der Waals surface area contributed by atoms with Crippen LogP contribution in [0, 0.1) is 11.8 Å². The predicted molar refractivity (Wildman–Crippen MR) is 230 cm³/mol. The molecule has 0 bridgehead atoms. The largest absolute Gasteiger partial charge is 0.477 e. The van der Waals surface area contributed by atoms with E-state index >= 15 is 0 Å². The number of carboxylic acid groups (broad SMARTS) is 1. The number of aliphatic hydroxyl groups excluding tert-OH is 14. The fraction of sp³-hybridized carbons (Fsp3) is 0.953. The summed E-state index contributed by atoms with van der Waals surface area (Å²) < 4.78 is 58.7. The number of carbonyl (C=O) groups excluding carboxylic acids is 1. The number of unbranched alkanes of at least 4 members (excludes halogenated alkanes) is 3. The summed E-state index contributed by atoms with van der Waals surface area (Å²) in [5, 5.41) is 164. The van der Waals surface area contributed by atoms with Crippen LogP contribution in [0.5, 0.6) is 0 Å². The van der Waals surface area contributed by atoms with Gasteiger partial charge < -0.3 is 129 Å². The number of carbonyl (C=O) groups is 2. The molecule has 0 aliphatic carbocycles. The van der Waals surface area contributed by atoms with Gasteiger partial charge in [0, 0.05) is 31.8 Å². The van der Waals surface area contributed by atoms with Crippen LogP contribution in [0.15, 0.2) is 0 Å². The van der Waals surface area contributed by atoms with Crippen molar-refractivity contribution in [2.45, 2.75) is 207 Å². The molecule has 5 fully saturated rings. The topological polar surface area (TPSA) is 442 Å². The monoisotopic (exact) mass is 1040 g/mol. The number of ether oxygens (including phenoxy) is 10. The Bertz CT molecular complexity index is 1640. The van der Waals surface area contributed by atoms with Crippen molar-refractivity contribution in [1.29, 1.82) is 0 Å². The molecule has 28 nitrogen and oxygen atoms in total. The lowest BCUT2D eigenvalue weighted by atomic mass is 9.84. The highest BCUT2D eigenvalue weighted by Crippen LogP contribution is 2.39. The quantitative estimate of drug-likeness (QED) is 0.0423. The Kier molecular flexibility index (Phi) is 22.5. The number of amides is 1. The predicted octanol–water partition coefficient (Wildman–Crippen LogP) is -7.42. The fourth-order valence-corrected chi connectivity index (χ4v) is 9.25. The maximum atomic E-state index is 13.0. The number of hydrogen-bond acceptors (Lipinski definition) is 26. The number of nitrogens with one attached hydrogen (secondary N) is 1. The average molecular weight is 1040 g/mol. The summed E-state index contributed by atoms with van der Waals surface area (Å²) in [6.07, 6.45) is -36.5. The molecule has 16 N–H and O–H groups in total. The van der Waals surface area contributed by atoms with Gasteiger partial charge in [-0.3, -0.25) is 4.79 Å². The van der Waals surface area contributed by atoms with Crippen LogP contribution in [-0.2, 0) is 57.0 Å². The summed E-state index contributed by atoms with van der Waals surface area (Å²) in [6.45, 7) is 1.36. The molecule has 5 aliphatic heterocycles. The summed E-state index contributed by atoms with van der Waals surface area (Å²) in [5.41, 5.74) is 0. The summed E-state index contributed by atoms with van der Waals surface area (Å²) in [7, 11) is 0. The molecule has 5 rings (SSSR count). The second-order valence-corrected chi connectivity index (χ2v) is 18.8. The zero-order valence-corrected chi connectivity index (χ0v) is 39.8. The molecule has 9 unspecified atom stereocenters. The molecule has 0 spiro atoms. The number of rotatable bonds is 23. The molecule has 5 heterocycles. The summed E-state index contributed by atoms with van der Waals surface area (Å²) in [6, 6.07) is -1.77. The van der Waals surface area contributed by atoms with Crippen molar-refractivity contribution in [2.24, 2.45) is 11.8 Å². The molecule has 414 valence electrons. The first-order valence-electron chi connectivity index (χ1n) is 23.9. The maximum Gasteiger partial charge on any atom is 0.364 e. The second kappa shape index (κ2) is 26.6. The van der Waals surface area contributed by atoms with E-state index in [1.165, 1.54) is 13.8 Å². The van der Waals surface area contributed by atoms with Crippen LogP contribution in [-0.4, -0.2) is 275 Å². The van der Waals surface area contributed by atoms with Crippen LogP contribution in [0.4, 0.5) is 0 Å². The number of hydrogen-bond donors (Lipinski definition) is 16. The van der Waals surface area contributed by atoms with Crippen LogP contribution >= 0.6 is 0 Å². The van der Waals surface area contributed by atoms with Gasteiger partial charge in [0.1, 0.15) is 97.6 Å². The molecule has 26 atom stereocenters. The van der Waals surface area contributed by atoms with Gasteiger partial charge in [0.25, 0.3) is 5.79 Å². The van der Waals surface area contributed by atoms with Crippen molar-refractivity contribution in [3.63, 3.8) is 0 Å². The van der Waals surface area contributed by atoms with Crippen molar-refractivity contribution in [2.75, 3.05) is 39.6 Å². The van der Waals surface area contributed by atoms with Crippen molar-refractivity contribution in [1.82, 2.24) is 5.32 Å². The van der Waals surface area contributed by atoms with Gasteiger partial charge in [0.05, 0.1) is 51.3 Å². The number of carboxylic acids is 1. The highest BCUT2D eigenvalue weighted by atomic mass is 16.8. The zero-order valence-electron chi connectivity index (χ0n) is 39.8. The van der Waals surface area contributed by atoms with Gasteiger partial charge in [-0.25, -0.2) is 4.79 Å². The molecule has 1 amide bonds. The van der Waals surface area contributed by atoms with Gasteiger partial charge in [-0.2, -0.15) is 0 Å². The Morgan fingerprint density at radius 1 is 0.648 bits per heavy atom. The minimum atomic E-state index is -2.86. The van der Waals surface area contributed by atoms with E-state index in [0.717, 1.165) is 26.2 Å². The third-order valence-electron chi connectivity index (χ3n) is 13.7. The lowest BCUT2D eigenvalue weighted by Gasteiger charge is -2.51. The number of aliphatic carboxylic acids is 1. The zero-order chi connectivity index (χ0) is 52.6. The summed E-state index contributed by atoms with van der Waals surface area (Å²) >= 11 is 0. The van der Waals surface area contributed by atoms with Gasteiger partial charge in [0.2, 0.25) is 5.91 Å². The molecule has 0 aromatic rings. The van der Waals surface area contributed by atoms with Gasteiger partial charge in [-0.15, -0.1) is 0 Å². The highest BCUT2D eigenvalue weighted by Gasteiger charge is 2.58. The first-order chi connectivity index (χ1) is 33.6. The van der Waals surface area contributed by atoms with E-state index in [4.69, 9.17) is 47.4 Å². The lowest BCUT2D eigenvalue weighted by Crippen LogP contribution is -2.70. The fourth-order valence-electron chi connectivity index (χ4n) is 9.25. The Morgan fingerprint density at radius 3 is 1.83 bits per heavy atom. The third kappa shape index (κ3) is 13.7. The van der Waals surface area contributed by atoms with E-state index in [9.17, 15) is 86.2 Å². The first-order valence-corrected chi connectivity index (χ1v) is 23.9. The van der Waals surface area contributed by atoms with E-state index in [1.54, 1.807) is 0 Å². The van der Waals surface area contributed by atoms with Crippen LogP contribution in [0.3, 0.4) is 0 Å². The molecule has 0 saturated carbocycles. The van der Waals surface area contributed by atoms with Crippen molar-refractivity contribution in [3.05, 3.63) is 0 Å². The smallest absolute Gasteiger partial charge is 0.364 e. The maximum absolute atomic E-state index is 13.0. The first kappa shape index (κ1) is 59.9. The van der Waals surface area contributed by atoms with Crippen LogP contribution < -0.4 is 5.32 Å². The van der Waals surface area contributed by atoms with Crippen LogP contribution in [0.2, 0.25) is 0 Å². The summed E-state index contributed by atoms with van der Waals surface area (Å²) in [5.74, 6) is -7.61. The standard InChI is InChI=1S/C43H75NO27/c1-5-6-7-8-9-62-40-33(59)37(29(55)22(13-47)65-40)70-39-25(44-18(4)49)36(30(56)24(67-39)15-63-43(42(60)61)10-19(50)16(2)34(71-43)27(53)20(51)11-45)69-41-32(58)31(57)35(23(14-48)66-41)68-38-17(3)26(52)28(54)21(12-46)64-38/h16-17,19-41,45-48,50-59H,5-15H2,1-4H3,(H,44,49)(H,60,61)/t16-,17+,19-,20-,21?,22?,23?,24?,25+,26-,27-,28+,29+,30-,31-,32?,33+,34?,35+,36-,37+,38?,39?,40?,41+,43-/m1/s1. The molecule has 71 heavy (non-hydrogen) atoms. The molecule has 0 aromatic heterocycles. The molecule has 5 aliphatic rings. The Labute approximate surface area is 408 Å². The molecule has 28 heteroatoms. The molecule has 0 radical (unpaired) electrons. The van der Waals surface area contributed by atoms with Crippen LogP contribution in [0.25, 0.3) is 0 Å². The normalized spacial score (nSPS) is 45.2. The highest BCUT2D eigenvalue weighted by molar-refractivity contribution is 5.76. The molecular weight excluding hydrogens is 962 g/mol. The van der Waals surface area contributed by atoms with E-state index in [-0.39, 0.29) is 6.61 Å². The van der Waals surface area contributed by atoms with E-state index in [1.807, 2.05) is 6.92 Å². The van der Waals surface area contributed by atoms with E-state index in [0.29, 0.717) is 6.42 Å². The average Bonchev–Trinajstić information content (AvgIpc) is 3.34. The molecule has 0 aromatic carbocycles. The SMILES string of the molecule is CCCCCCOC1OC(CO)[C@H](O)[C@H](OC2OC(CO[C@]3(C(=O)O)C[C@@H](O)[C@@H](C)C([C@H](O)[C@H](O)CO)O3)[C@@H](O)[C@H](O[C@@H]3OC(CO)[C@H](OC4OC(CO)[C@H](O)[C@H](O)[C@@H]4C)[C@H](O)C3O)[C@@H]2NC(C)=O)[C@@H]1O.